The molecule has 0 saturated carbocycles. The van der Waals surface area contributed by atoms with Crippen LogP contribution in [-0.4, -0.2) is 31.4 Å². The minimum Gasteiger partial charge on any atom is -0.486 e. The van der Waals surface area contributed by atoms with Gasteiger partial charge in [0.2, 0.25) is 5.91 Å². The second-order valence-electron chi connectivity index (χ2n) is 10.8. The molecule has 1 N–H and O–H groups in total. The third-order valence-corrected chi connectivity index (χ3v) is 8.52. The van der Waals surface area contributed by atoms with E-state index in [1.165, 1.54) is 27.6 Å². The maximum Gasteiger partial charge on any atom is 0.234 e. The quantitative estimate of drug-likeness (QED) is 0.134. The number of thioether (sulfide) groups is 1. The number of aryl methyl sites for hydroxylation is 1. The molecule has 0 aliphatic rings. The van der Waals surface area contributed by atoms with Gasteiger partial charge >= 0.3 is 0 Å². The number of ether oxygens (including phenoxy) is 1. The molecule has 0 saturated heterocycles. The van der Waals surface area contributed by atoms with Crippen molar-refractivity contribution in [3.8, 4) is 16.3 Å². The van der Waals surface area contributed by atoms with Gasteiger partial charge in [0.15, 0.2) is 11.0 Å². The summed E-state index contributed by atoms with van der Waals surface area (Å²) in [6, 6.07) is 22.2. The summed E-state index contributed by atoms with van der Waals surface area (Å²) < 4.78 is 9.07. The molecule has 0 aliphatic heterocycles. The Morgan fingerprint density at radius 1 is 1.07 bits per heavy atom. The molecule has 0 atom stereocenters. The maximum absolute atomic E-state index is 12.7. The fourth-order valence-corrected chi connectivity index (χ4v) is 6.06. The highest BCUT2D eigenvalue weighted by Crippen LogP contribution is 2.31. The van der Waals surface area contributed by atoms with Crippen LogP contribution in [0.25, 0.3) is 20.8 Å². The number of hydrogen-bond donors (Lipinski definition) is 1. The third-order valence-electron chi connectivity index (χ3n) is 6.49. The maximum atomic E-state index is 12.7. The molecule has 5 rings (SSSR count). The lowest BCUT2D eigenvalue weighted by atomic mass is 9.87. The van der Waals surface area contributed by atoms with E-state index in [-0.39, 0.29) is 23.7 Å². The minimum atomic E-state index is -0.122. The van der Waals surface area contributed by atoms with Gasteiger partial charge in [0.1, 0.15) is 17.4 Å². The molecule has 0 unspecified atom stereocenters. The van der Waals surface area contributed by atoms with Gasteiger partial charge in [0.05, 0.1) is 16.0 Å². The van der Waals surface area contributed by atoms with E-state index in [0.717, 1.165) is 27.5 Å². The van der Waals surface area contributed by atoms with Crippen LogP contribution in [0.5, 0.6) is 5.75 Å². The fraction of sp³-hybridized carbons (Fsp3) is 0.250. The molecule has 9 heteroatoms. The van der Waals surface area contributed by atoms with Crippen LogP contribution >= 0.6 is 23.1 Å². The SMILES string of the molecule is C=CCn1c(COc2ccc(C(C)(C)C)cc2)nnc1SCC(=O)Nc1ccc(-c2nc3ccc(C)cc3s2)cc1. The summed E-state index contributed by atoms with van der Waals surface area (Å²) in [5.41, 5.74) is 5.30. The smallest absolute Gasteiger partial charge is 0.234 e. The lowest BCUT2D eigenvalue weighted by molar-refractivity contribution is -0.113. The van der Waals surface area contributed by atoms with Crippen molar-refractivity contribution in [3.05, 3.63) is 96.3 Å². The number of allylic oxidation sites excluding steroid dienone is 1. The number of nitrogens with zero attached hydrogens (tertiary/aromatic N) is 4. The largest absolute Gasteiger partial charge is 0.486 e. The van der Waals surface area contributed by atoms with Crippen LogP contribution in [0.1, 0.15) is 37.7 Å². The van der Waals surface area contributed by atoms with E-state index in [0.29, 0.717) is 17.5 Å². The van der Waals surface area contributed by atoms with Crippen molar-refractivity contribution in [3.63, 3.8) is 0 Å². The van der Waals surface area contributed by atoms with Gasteiger partial charge in [-0.15, -0.1) is 28.1 Å². The summed E-state index contributed by atoms with van der Waals surface area (Å²) in [6.07, 6.45) is 1.78. The normalized spacial score (nSPS) is 11.5. The molecular formula is C32H33N5O2S2. The number of anilines is 1. The number of aromatic nitrogens is 4. The molecule has 1 amide bonds. The summed E-state index contributed by atoms with van der Waals surface area (Å²) in [5, 5.41) is 13.2. The molecule has 41 heavy (non-hydrogen) atoms. The number of carbonyl (C=O) groups excluding carboxylic acids is 1. The van der Waals surface area contributed by atoms with Crippen molar-refractivity contribution in [2.45, 2.75) is 51.4 Å². The molecular weight excluding hydrogens is 551 g/mol. The Hall–Kier alpha value is -3.95. The lowest BCUT2D eigenvalue weighted by Crippen LogP contribution is -2.15. The van der Waals surface area contributed by atoms with E-state index in [9.17, 15) is 4.79 Å². The molecule has 0 radical (unpaired) electrons. The van der Waals surface area contributed by atoms with Gasteiger partial charge in [0, 0.05) is 17.8 Å². The summed E-state index contributed by atoms with van der Waals surface area (Å²) in [6.45, 7) is 13.3. The first-order valence-electron chi connectivity index (χ1n) is 13.4. The topological polar surface area (TPSA) is 81.9 Å². The van der Waals surface area contributed by atoms with Crippen LogP contribution in [0.15, 0.2) is 84.5 Å². The van der Waals surface area contributed by atoms with Crippen molar-refractivity contribution in [1.82, 2.24) is 19.7 Å². The second kappa shape index (κ2) is 12.3. The second-order valence-corrected chi connectivity index (χ2v) is 12.7. The van der Waals surface area contributed by atoms with Gasteiger partial charge in [0.25, 0.3) is 0 Å². The zero-order chi connectivity index (χ0) is 29.0. The Kier molecular flexibility index (Phi) is 8.56. The summed E-state index contributed by atoms with van der Waals surface area (Å²) >= 11 is 3.00. The molecule has 2 aromatic heterocycles. The first-order valence-corrected chi connectivity index (χ1v) is 15.2. The highest BCUT2D eigenvalue weighted by Gasteiger charge is 2.16. The van der Waals surface area contributed by atoms with E-state index < -0.39 is 0 Å². The molecule has 2 heterocycles. The summed E-state index contributed by atoms with van der Waals surface area (Å²) in [5.74, 6) is 1.52. The first kappa shape index (κ1) is 28.6. The van der Waals surface area contributed by atoms with E-state index in [2.05, 4.69) is 74.1 Å². The third kappa shape index (κ3) is 7.04. The van der Waals surface area contributed by atoms with E-state index >= 15 is 0 Å². The number of benzene rings is 3. The Morgan fingerprint density at radius 3 is 2.54 bits per heavy atom. The van der Waals surface area contributed by atoms with Gasteiger partial charge in [-0.2, -0.15) is 0 Å². The van der Waals surface area contributed by atoms with Gasteiger partial charge in [-0.1, -0.05) is 56.8 Å². The molecule has 0 bridgehead atoms. The molecule has 3 aromatic carbocycles. The zero-order valence-electron chi connectivity index (χ0n) is 23.7. The summed E-state index contributed by atoms with van der Waals surface area (Å²) in [4.78, 5) is 17.5. The Bertz CT molecular complexity index is 1670. The molecule has 0 spiro atoms. The number of rotatable bonds is 10. The number of thiazole rings is 1. The van der Waals surface area contributed by atoms with Crippen LogP contribution in [-0.2, 0) is 23.4 Å². The monoisotopic (exact) mass is 583 g/mol. The highest BCUT2D eigenvalue weighted by molar-refractivity contribution is 7.99. The van der Waals surface area contributed by atoms with Crippen LogP contribution in [0, 0.1) is 6.92 Å². The van der Waals surface area contributed by atoms with Crippen molar-refractivity contribution in [2.24, 2.45) is 0 Å². The van der Waals surface area contributed by atoms with Gasteiger partial charge < -0.3 is 10.1 Å². The molecule has 5 aromatic rings. The first-order chi connectivity index (χ1) is 19.7. The number of hydrogen-bond acceptors (Lipinski definition) is 7. The number of amides is 1. The average Bonchev–Trinajstić information content (AvgIpc) is 3.54. The van der Waals surface area contributed by atoms with E-state index in [1.54, 1.807) is 17.4 Å². The van der Waals surface area contributed by atoms with Crippen molar-refractivity contribution in [2.75, 3.05) is 11.1 Å². The predicted octanol–water partition coefficient (Wildman–Crippen LogP) is 7.66. The predicted molar refractivity (Wildman–Crippen MR) is 169 cm³/mol. The Balaban J connectivity index is 1.17. The number of fused-ring (bicyclic) bond motifs is 1. The van der Waals surface area contributed by atoms with Crippen LogP contribution in [0.4, 0.5) is 5.69 Å². The van der Waals surface area contributed by atoms with E-state index in [4.69, 9.17) is 9.72 Å². The van der Waals surface area contributed by atoms with Gasteiger partial charge in [-0.25, -0.2) is 4.98 Å². The highest BCUT2D eigenvalue weighted by atomic mass is 32.2. The van der Waals surface area contributed by atoms with Crippen LogP contribution in [0.2, 0.25) is 0 Å². The number of carbonyl (C=O) groups is 1. The van der Waals surface area contributed by atoms with Crippen molar-refractivity contribution >= 4 is 44.9 Å². The van der Waals surface area contributed by atoms with Crippen molar-refractivity contribution < 1.29 is 9.53 Å². The standard InChI is InChI=1S/C32H33N5O2S2/c1-6-17-37-28(19-39-25-14-10-23(11-15-25)32(3,4)5)35-36-31(37)40-20-29(38)33-24-12-8-22(9-13-24)30-34-26-16-7-21(2)18-27(26)41-30/h6-16,18H,1,17,19-20H2,2-5H3,(H,33,38). The minimum absolute atomic E-state index is 0.0843. The molecule has 7 nitrogen and oxygen atoms in total. The Morgan fingerprint density at radius 2 is 1.83 bits per heavy atom. The van der Waals surface area contributed by atoms with Crippen molar-refractivity contribution in [1.29, 1.82) is 0 Å². The number of nitrogens with one attached hydrogen (secondary N) is 1. The Labute approximate surface area is 248 Å². The van der Waals surface area contributed by atoms with Gasteiger partial charge in [-0.05, 0) is 72.0 Å². The van der Waals surface area contributed by atoms with E-state index in [1.807, 2.05) is 47.0 Å². The van der Waals surface area contributed by atoms with Crippen LogP contribution < -0.4 is 10.1 Å². The molecule has 0 fully saturated rings. The fourth-order valence-electron chi connectivity index (χ4n) is 4.22. The molecule has 210 valence electrons. The molecule has 0 aliphatic carbocycles. The lowest BCUT2D eigenvalue weighted by Gasteiger charge is -2.19. The summed E-state index contributed by atoms with van der Waals surface area (Å²) in [7, 11) is 0. The zero-order valence-corrected chi connectivity index (χ0v) is 25.3. The van der Waals surface area contributed by atoms with Gasteiger partial charge in [-0.3, -0.25) is 9.36 Å². The average molecular weight is 584 g/mol. The van der Waals surface area contributed by atoms with Crippen LogP contribution in [0.3, 0.4) is 0 Å².